The van der Waals surface area contributed by atoms with Gasteiger partial charge >= 0.3 is 0 Å². The van der Waals surface area contributed by atoms with Crippen LogP contribution in [0.25, 0.3) is 0 Å². The van der Waals surface area contributed by atoms with E-state index in [0.29, 0.717) is 17.9 Å². The first-order chi connectivity index (χ1) is 9.50. The van der Waals surface area contributed by atoms with E-state index in [0.717, 1.165) is 19.7 Å². The molecule has 0 atom stereocenters. The van der Waals surface area contributed by atoms with Crippen molar-refractivity contribution in [3.8, 4) is 5.75 Å². The van der Waals surface area contributed by atoms with Gasteiger partial charge in [0, 0.05) is 13.1 Å². The summed E-state index contributed by atoms with van der Waals surface area (Å²) < 4.78 is 11.2. The lowest BCUT2D eigenvalue weighted by Crippen LogP contribution is -2.28. The van der Waals surface area contributed by atoms with Crippen LogP contribution in [0.3, 0.4) is 0 Å². The van der Waals surface area contributed by atoms with Crippen molar-refractivity contribution in [1.82, 2.24) is 4.90 Å². The van der Waals surface area contributed by atoms with Gasteiger partial charge in [0.1, 0.15) is 12.4 Å². The number of ketones is 1. The smallest absolute Gasteiger partial charge is 0.163 e. The summed E-state index contributed by atoms with van der Waals surface area (Å²) in [5.74, 6) is 0.686. The lowest BCUT2D eigenvalue weighted by atomic mass is 10.1. The maximum atomic E-state index is 11.5. The molecule has 0 N–H and O–H groups in total. The summed E-state index contributed by atoms with van der Waals surface area (Å²) in [6.07, 6.45) is 0.266. The van der Waals surface area contributed by atoms with Gasteiger partial charge in [0.25, 0.3) is 0 Å². The van der Waals surface area contributed by atoms with E-state index in [1.165, 1.54) is 0 Å². The second kappa shape index (κ2) is 8.72. The highest BCUT2D eigenvalue weighted by molar-refractivity contribution is 5.96. The molecular weight excluding hydrogens is 254 g/mol. The van der Waals surface area contributed by atoms with Gasteiger partial charge in [0.05, 0.1) is 18.3 Å². The molecule has 0 saturated heterocycles. The number of Topliss-reactive ketones (excluding diaryl/α,β-unsaturated/α-hetero) is 1. The standard InChI is InChI=1S/C16H25NO3/c1-13(2)19-11-9-17(4)10-12-20-16-8-6-5-7-15(16)14(3)18/h5-8,13H,9-12H2,1-4H3. The van der Waals surface area contributed by atoms with Crippen LogP contribution in [0.1, 0.15) is 31.1 Å². The summed E-state index contributed by atoms with van der Waals surface area (Å²) in [6.45, 7) is 8.56. The summed E-state index contributed by atoms with van der Waals surface area (Å²) in [5.41, 5.74) is 0.637. The van der Waals surface area contributed by atoms with Crippen LogP contribution in [0.15, 0.2) is 24.3 Å². The monoisotopic (exact) mass is 279 g/mol. The molecule has 0 unspecified atom stereocenters. The molecule has 0 bridgehead atoms. The van der Waals surface area contributed by atoms with Gasteiger partial charge in [-0.2, -0.15) is 0 Å². The van der Waals surface area contributed by atoms with E-state index in [1.54, 1.807) is 13.0 Å². The zero-order valence-corrected chi connectivity index (χ0v) is 12.9. The molecule has 1 aromatic carbocycles. The van der Waals surface area contributed by atoms with Crippen LogP contribution in [0.5, 0.6) is 5.75 Å². The summed E-state index contributed by atoms with van der Waals surface area (Å²) in [4.78, 5) is 13.6. The first-order valence-corrected chi connectivity index (χ1v) is 7.03. The number of benzene rings is 1. The summed E-state index contributed by atoms with van der Waals surface area (Å²) in [6, 6.07) is 7.34. The number of rotatable bonds is 9. The Balaban J connectivity index is 2.32. The lowest BCUT2D eigenvalue weighted by Gasteiger charge is -2.18. The van der Waals surface area contributed by atoms with Gasteiger partial charge in [-0.15, -0.1) is 0 Å². The van der Waals surface area contributed by atoms with Crippen LogP contribution in [0.4, 0.5) is 0 Å². The second-order valence-corrected chi connectivity index (χ2v) is 5.12. The topological polar surface area (TPSA) is 38.8 Å². The number of para-hydroxylation sites is 1. The number of carbonyl (C=O) groups excluding carboxylic acids is 1. The van der Waals surface area contributed by atoms with E-state index in [-0.39, 0.29) is 11.9 Å². The Morgan fingerprint density at radius 1 is 1.20 bits per heavy atom. The predicted octanol–water partition coefficient (Wildman–Crippen LogP) is 2.62. The third kappa shape index (κ3) is 6.17. The minimum Gasteiger partial charge on any atom is -0.491 e. The molecule has 1 rings (SSSR count). The van der Waals surface area contributed by atoms with Gasteiger partial charge in [-0.05, 0) is 40.0 Å². The Labute approximate surface area is 121 Å². The largest absolute Gasteiger partial charge is 0.491 e. The van der Waals surface area contributed by atoms with E-state index < -0.39 is 0 Å². The molecule has 0 aliphatic heterocycles. The lowest BCUT2D eigenvalue weighted by molar-refractivity contribution is 0.0616. The first kappa shape index (κ1) is 16.7. The average Bonchev–Trinajstić information content (AvgIpc) is 2.38. The highest BCUT2D eigenvalue weighted by atomic mass is 16.5. The van der Waals surface area contributed by atoms with E-state index in [1.807, 2.05) is 39.1 Å². The predicted molar refractivity (Wildman–Crippen MR) is 80.5 cm³/mol. The van der Waals surface area contributed by atoms with Crippen LogP contribution >= 0.6 is 0 Å². The van der Waals surface area contributed by atoms with Crippen LogP contribution in [-0.4, -0.2) is 50.1 Å². The third-order valence-electron chi connectivity index (χ3n) is 2.92. The number of nitrogens with zero attached hydrogens (tertiary/aromatic N) is 1. The first-order valence-electron chi connectivity index (χ1n) is 7.03. The van der Waals surface area contributed by atoms with E-state index in [9.17, 15) is 4.79 Å². The molecule has 0 saturated carbocycles. The molecule has 0 aliphatic rings. The molecule has 1 aromatic rings. The zero-order chi connectivity index (χ0) is 15.0. The highest BCUT2D eigenvalue weighted by Crippen LogP contribution is 2.18. The molecule has 0 radical (unpaired) electrons. The Kier molecular flexibility index (Phi) is 7.26. The van der Waals surface area contributed by atoms with Crippen molar-refractivity contribution in [3.63, 3.8) is 0 Å². The molecule has 0 amide bonds. The SMILES string of the molecule is CC(=O)c1ccccc1OCCN(C)CCOC(C)C. The number of carbonyl (C=O) groups is 1. The van der Waals surface area contributed by atoms with Crippen LogP contribution in [0.2, 0.25) is 0 Å². The van der Waals surface area contributed by atoms with Gasteiger partial charge in [-0.1, -0.05) is 12.1 Å². The Morgan fingerprint density at radius 3 is 2.50 bits per heavy atom. The summed E-state index contributed by atoms with van der Waals surface area (Å²) in [7, 11) is 2.03. The molecule has 112 valence electrons. The molecule has 0 fully saturated rings. The van der Waals surface area contributed by atoms with Gasteiger partial charge in [-0.3, -0.25) is 4.79 Å². The fraction of sp³-hybridized carbons (Fsp3) is 0.562. The maximum Gasteiger partial charge on any atom is 0.163 e. The van der Waals surface area contributed by atoms with Crippen molar-refractivity contribution in [2.24, 2.45) is 0 Å². The second-order valence-electron chi connectivity index (χ2n) is 5.12. The Morgan fingerprint density at radius 2 is 1.85 bits per heavy atom. The molecule has 0 spiro atoms. The fourth-order valence-electron chi connectivity index (χ4n) is 1.75. The molecule has 0 heterocycles. The maximum absolute atomic E-state index is 11.5. The van der Waals surface area contributed by atoms with Crippen LogP contribution in [0, 0.1) is 0 Å². The molecule has 20 heavy (non-hydrogen) atoms. The van der Waals surface area contributed by atoms with E-state index in [2.05, 4.69) is 4.90 Å². The number of ether oxygens (including phenoxy) is 2. The van der Waals surface area contributed by atoms with E-state index in [4.69, 9.17) is 9.47 Å². The van der Waals surface area contributed by atoms with Crippen molar-refractivity contribution in [2.45, 2.75) is 26.9 Å². The molecular formula is C16H25NO3. The summed E-state index contributed by atoms with van der Waals surface area (Å²) in [5, 5.41) is 0. The van der Waals surface area contributed by atoms with Crippen molar-refractivity contribution in [2.75, 3.05) is 33.4 Å². The normalized spacial score (nSPS) is 11.1. The van der Waals surface area contributed by atoms with Crippen molar-refractivity contribution in [3.05, 3.63) is 29.8 Å². The van der Waals surface area contributed by atoms with E-state index >= 15 is 0 Å². The minimum atomic E-state index is 0.0271. The average molecular weight is 279 g/mol. The Hall–Kier alpha value is -1.39. The van der Waals surface area contributed by atoms with Gasteiger partial charge in [-0.25, -0.2) is 0 Å². The Bertz CT molecular complexity index is 418. The third-order valence-corrected chi connectivity index (χ3v) is 2.92. The van der Waals surface area contributed by atoms with Crippen molar-refractivity contribution < 1.29 is 14.3 Å². The van der Waals surface area contributed by atoms with Gasteiger partial charge in [0.2, 0.25) is 0 Å². The summed E-state index contributed by atoms with van der Waals surface area (Å²) >= 11 is 0. The zero-order valence-electron chi connectivity index (χ0n) is 12.9. The van der Waals surface area contributed by atoms with Crippen LogP contribution in [-0.2, 0) is 4.74 Å². The molecule has 4 heteroatoms. The van der Waals surface area contributed by atoms with Crippen molar-refractivity contribution >= 4 is 5.78 Å². The number of hydrogen-bond donors (Lipinski definition) is 0. The highest BCUT2D eigenvalue weighted by Gasteiger charge is 2.07. The van der Waals surface area contributed by atoms with Crippen molar-refractivity contribution in [1.29, 1.82) is 0 Å². The number of likely N-dealkylation sites (N-methyl/N-ethyl adjacent to an activating group) is 1. The van der Waals surface area contributed by atoms with Gasteiger partial charge in [0.15, 0.2) is 5.78 Å². The number of hydrogen-bond acceptors (Lipinski definition) is 4. The van der Waals surface area contributed by atoms with Gasteiger partial charge < -0.3 is 14.4 Å². The fourth-order valence-corrected chi connectivity index (χ4v) is 1.75. The quantitative estimate of drug-likeness (QED) is 0.651. The molecule has 0 aliphatic carbocycles. The van der Waals surface area contributed by atoms with Crippen LogP contribution < -0.4 is 4.74 Å². The minimum absolute atomic E-state index is 0.0271. The molecule has 4 nitrogen and oxygen atoms in total. The molecule has 0 aromatic heterocycles.